The van der Waals surface area contributed by atoms with E-state index in [-0.39, 0.29) is 201 Å². The summed E-state index contributed by atoms with van der Waals surface area (Å²) in [6, 6.07) is 33.6. The van der Waals surface area contributed by atoms with Crippen LogP contribution in [0.15, 0.2) is 127 Å². The number of thioether (sulfide) groups is 2. The molecule has 2 unspecified atom stereocenters. The van der Waals surface area contributed by atoms with Gasteiger partial charge in [0.25, 0.3) is 47.0 Å². The maximum atomic E-state index is 13.9. The minimum Gasteiger partial charge on any atom is -0.490 e. The summed E-state index contributed by atoms with van der Waals surface area (Å²) in [5, 5.41) is 108. The molecule has 3 saturated heterocycles. The number of amides is 9. The Hall–Kier alpha value is -9.16. The Morgan fingerprint density at radius 1 is 0.454 bits per heavy atom. The van der Waals surface area contributed by atoms with Crippen LogP contribution in [-0.2, 0) is 85.8 Å². The Bertz CT molecular complexity index is 4410. The van der Waals surface area contributed by atoms with Gasteiger partial charge in [-0.05, 0) is 102 Å². The number of carboxylic acids is 2. The van der Waals surface area contributed by atoms with E-state index in [9.17, 15) is 98.4 Å². The number of nitrogens with zero attached hydrogens (tertiary/aromatic N) is 1. The number of imide groups is 1. The molecule has 0 spiro atoms. The minimum absolute atomic E-state index is 0. The number of hydrogen-bond donors (Lipinski definition) is 15. The van der Waals surface area contributed by atoms with E-state index in [4.69, 9.17) is 52.2 Å². The van der Waals surface area contributed by atoms with Gasteiger partial charge in [0, 0.05) is 113 Å². The van der Waals surface area contributed by atoms with Gasteiger partial charge in [-0.1, -0.05) is 84.9 Å². The number of aliphatic carboxylic acids is 2. The van der Waals surface area contributed by atoms with Crippen LogP contribution in [-0.4, -0.2) is 331 Å². The first-order valence-corrected chi connectivity index (χ1v) is 44.7. The Morgan fingerprint density at radius 3 is 1.28 bits per heavy atom. The summed E-state index contributed by atoms with van der Waals surface area (Å²) in [4.78, 5) is 156. The van der Waals surface area contributed by atoms with Crippen LogP contribution >= 0.6 is 23.5 Å². The number of hydrogen-bond acceptors (Lipinski definition) is 31. The monoisotopic (exact) mass is 1870 g/mol. The van der Waals surface area contributed by atoms with Crippen LogP contribution in [0.5, 0.6) is 5.75 Å². The van der Waals surface area contributed by atoms with Crippen LogP contribution in [0.3, 0.4) is 0 Å². The summed E-state index contributed by atoms with van der Waals surface area (Å²) in [6.07, 6.45) is -14.4. The number of unbranched alkanes of at least 4 members (excludes halogenated alkanes) is 1. The summed E-state index contributed by atoms with van der Waals surface area (Å²) in [7, 11) is 0. The van der Waals surface area contributed by atoms with E-state index in [1.807, 2.05) is 60.7 Å². The molecule has 130 heavy (non-hydrogen) atoms. The van der Waals surface area contributed by atoms with Crippen molar-refractivity contribution in [2.75, 3.05) is 142 Å². The van der Waals surface area contributed by atoms with Crippen LogP contribution in [0.1, 0.15) is 119 Å². The summed E-state index contributed by atoms with van der Waals surface area (Å²) < 4.78 is 57.4. The van der Waals surface area contributed by atoms with Crippen LogP contribution in [0, 0.1) is 0 Å². The van der Waals surface area contributed by atoms with Crippen molar-refractivity contribution < 1.29 is 180 Å². The molecule has 9 amide bonds. The minimum atomic E-state index is -2.56. The number of nitrogens with one attached hydrogen (secondary N) is 7. The van der Waals surface area contributed by atoms with Gasteiger partial charge >= 0.3 is 47.5 Å². The molecule has 0 aromatic heterocycles. The van der Waals surface area contributed by atoms with Crippen molar-refractivity contribution >= 4 is 94.6 Å². The number of benzene rings is 5. The molecular formula is C88H116N8NaO31S2+. The molecule has 3 fully saturated rings. The van der Waals surface area contributed by atoms with Gasteiger partial charge in [0.05, 0.1) is 121 Å². The van der Waals surface area contributed by atoms with E-state index in [0.717, 1.165) is 36.1 Å². The zero-order valence-corrected chi connectivity index (χ0v) is 76.4. The first kappa shape index (κ1) is 108. The molecule has 42 heteroatoms. The average molecular weight is 1870 g/mol. The second kappa shape index (κ2) is 57.3. The van der Waals surface area contributed by atoms with Crippen LogP contribution < -0.4 is 71.5 Å². The summed E-state index contributed by atoms with van der Waals surface area (Å²) in [6.45, 7) is 3.48. The number of rotatable bonds is 59. The fraction of sp³-hybridized carbons (Fsp3) is 0.523. The second-order valence-corrected chi connectivity index (χ2v) is 32.5. The molecule has 0 saturated carbocycles. The standard InChI is InChI=1S/C88H116N8O31S2.Na/c1-56(97)94-75-66(99)52-87(85(113)114,125-79(75)77(107)68(101)54-92-81(109)62-23-19-60(20-24-62)58-13-5-3-6-14-58)123-34-11-47-128-49-32-90-83(111)64-27-28-65(70(51-64)122-46-45-121-44-43-120-42-41-119-40-39-118-38-37-117-36-31-89-71(103)17-9-10-18-74(106)127-96-72(104)29-30-73(96)105)84(112)91-33-50-129-48-12-35-124-88(86(115)116)53-67(100)76(95-57(2)98)80(126-88)78(108)69(102)55-93-82(110)63-25-21-61(22-26-63)59-15-7-4-8-16-59;/h3-8,13-16,19-28,51,66-69,75-80,99-102,107-108H,9-12,17-18,29-50,52-55H2,1-2H3,(H,89,103)(H,90,111)(H,91,112)(H,92,109)(H,93,110)(H,94,97)(H,95,98)(H,113,114)(H,115,116);/q;+1/t66-,67-,68+,69+,75+,76+,77?,78?,79+,80+,87+,88+;/m0./s1. The normalized spacial score (nSPS) is 19.8. The fourth-order valence-corrected chi connectivity index (χ4v) is 15.2. The van der Waals surface area contributed by atoms with Gasteiger partial charge in [-0.15, -0.1) is 5.06 Å². The molecule has 3 heterocycles. The Kier molecular flexibility index (Phi) is 47.6. The van der Waals surface area contributed by atoms with E-state index in [2.05, 4.69) is 37.2 Å². The summed E-state index contributed by atoms with van der Waals surface area (Å²) >= 11 is 2.74. The first-order valence-electron chi connectivity index (χ1n) is 42.4. The number of carboxylic acid groups (broad SMARTS) is 2. The van der Waals surface area contributed by atoms with Crippen molar-refractivity contribution in [2.24, 2.45) is 0 Å². The molecule has 39 nitrogen and oxygen atoms in total. The maximum absolute atomic E-state index is 13.9. The molecule has 12 atom stereocenters. The largest absolute Gasteiger partial charge is 1.00 e. The van der Waals surface area contributed by atoms with Gasteiger partial charge in [0.1, 0.15) is 36.8 Å². The van der Waals surface area contributed by atoms with E-state index in [1.54, 1.807) is 48.5 Å². The van der Waals surface area contributed by atoms with Gasteiger partial charge in [-0.3, -0.25) is 43.2 Å². The van der Waals surface area contributed by atoms with Crippen molar-refractivity contribution in [2.45, 2.75) is 151 Å². The Balaban J connectivity index is 0.0000231. The predicted molar refractivity (Wildman–Crippen MR) is 465 cm³/mol. The molecular weight excluding hydrogens is 1750 g/mol. The smallest absolute Gasteiger partial charge is 0.490 e. The number of carbonyl (C=O) groups is 12. The Labute approximate surface area is 782 Å². The number of carbonyl (C=O) groups excluding carboxylic acids is 10. The Morgan fingerprint density at radius 2 is 0.846 bits per heavy atom. The average Bonchev–Trinajstić information content (AvgIpc) is 0.786. The van der Waals surface area contributed by atoms with E-state index < -0.39 is 164 Å². The topological polar surface area (TPSA) is 556 Å². The fourth-order valence-electron chi connectivity index (χ4n) is 13.6. The van der Waals surface area contributed by atoms with Crippen molar-refractivity contribution in [3.63, 3.8) is 0 Å². The molecule has 8 rings (SSSR count). The quantitative estimate of drug-likeness (QED) is 0.0122. The summed E-state index contributed by atoms with van der Waals surface area (Å²) in [5.41, 5.74) is 4.26. The zero-order valence-electron chi connectivity index (χ0n) is 72.8. The third kappa shape index (κ3) is 35.4. The van der Waals surface area contributed by atoms with E-state index in [0.29, 0.717) is 47.5 Å². The van der Waals surface area contributed by atoms with Gasteiger partial charge in [-0.2, -0.15) is 23.5 Å². The van der Waals surface area contributed by atoms with Gasteiger partial charge in [0.2, 0.25) is 17.7 Å². The predicted octanol–water partition coefficient (Wildman–Crippen LogP) is -1.32. The third-order valence-corrected chi connectivity index (χ3v) is 22.5. The molecule has 3 aliphatic rings. The van der Waals surface area contributed by atoms with Gasteiger partial charge in [0.15, 0.2) is 0 Å². The number of aliphatic hydroxyl groups excluding tert-OH is 6. The summed E-state index contributed by atoms with van der Waals surface area (Å²) in [5.74, 6) is -12.6. The van der Waals surface area contributed by atoms with Gasteiger partial charge < -0.3 is 130 Å². The molecule has 0 radical (unpaired) electrons. The number of hydroxylamine groups is 2. The van der Waals surface area contributed by atoms with Crippen molar-refractivity contribution in [1.29, 1.82) is 0 Å². The molecule has 0 aliphatic carbocycles. The molecule has 5 aromatic rings. The van der Waals surface area contributed by atoms with Crippen LogP contribution in [0.2, 0.25) is 0 Å². The number of aliphatic hydroxyl groups is 6. The molecule has 0 bridgehead atoms. The van der Waals surface area contributed by atoms with Crippen molar-refractivity contribution in [3.8, 4) is 28.0 Å². The molecule has 5 aromatic carbocycles. The van der Waals surface area contributed by atoms with E-state index >= 15 is 0 Å². The zero-order chi connectivity index (χ0) is 93.1. The molecule has 706 valence electrons. The van der Waals surface area contributed by atoms with Crippen LogP contribution in [0.25, 0.3) is 22.3 Å². The second-order valence-electron chi connectivity index (χ2n) is 30.1. The first-order chi connectivity index (χ1) is 62.1. The third-order valence-electron chi connectivity index (χ3n) is 20.3. The maximum Gasteiger partial charge on any atom is 1.00 e. The number of ether oxygens (including phenoxy) is 10. The van der Waals surface area contributed by atoms with Crippen molar-refractivity contribution in [3.05, 3.63) is 150 Å². The van der Waals surface area contributed by atoms with E-state index in [1.165, 1.54) is 41.7 Å². The van der Waals surface area contributed by atoms with Gasteiger partial charge in [-0.25, -0.2) is 14.4 Å². The van der Waals surface area contributed by atoms with Crippen LogP contribution in [0.4, 0.5) is 0 Å². The molecule has 3 aliphatic heterocycles. The SMILES string of the molecule is CC(=O)N[C@@H]1[C@@H](O)C[C@](OCCCSCCNC(=O)c2ccc(C(=O)NCCSCCCO[C@]3(C(=O)O)C[C@H](O)[C@@H](NC(C)=O)[C@H](C(O)[C@H](O)CNC(=O)c4ccc(-c5ccccc5)cc4)O3)c(OCCOCCOCCOCCOCCOCCNC(=O)CCCCC(=O)ON3C(=O)CCC3=O)c2)(C(=O)O)O[C@H]1C(O)[C@H](O)CNC(=O)c1ccc(-c2ccccc2)cc1.[Na+]. The van der Waals surface area contributed by atoms with Crippen molar-refractivity contribution in [1.82, 2.24) is 42.3 Å². The molecule has 15 N–H and O–H groups in total.